The normalized spacial score (nSPS) is 24.8. The van der Waals surface area contributed by atoms with E-state index in [9.17, 15) is 4.79 Å². The minimum absolute atomic E-state index is 0.0560. The molecule has 94 valence electrons. The Hall–Kier alpha value is -1.43. The average molecular weight is 238 g/mol. The van der Waals surface area contributed by atoms with Crippen LogP contribution < -0.4 is 11.1 Å². The molecule has 0 spiro atoms. The molecule has 1 amide bonds. The maximum Gasteiger partial charge on any atom is 0.223 e. The second-order valence-electron chi connectivity index (χ2n) is 4.56. The predicted molar refractivity (Wildman–Crippen MR) is 60.8 cm³/mol. The van der Waals surface area contributed by atoms with Gasteiger partial charge in [0, 0.05) is 18.9 Å². The number of aryl methyl sites for hydroxylation is 1. The number of primary amides is 1. The fourth-order valence-corrected chi connectivity index (χ4v) is 2.23. The van der Waals surface area contributed by atoms with Gasteiger partial charge in [-0.15, -0.1) is 0 Å². The molecule has 0 aromatic carbocycles. The zero-order valence-corrected chi connectivity index (χ0v) is 9.98. The van der Waals surface area contributed by atoms with Crippen molar-refractivity contribution in [2.45, 2.75) is 45.2 Å². The molecule has 1 aliphatic carbocycles. The van der Waals surface area contributed by atoms with Gasteiger partial charge in [-0.1, -0.05) is 5.16 Å². The first-order chi connectivity index (χ1) is 8.15. The molecule has 1 aromatic rings. The summed E-state index contributed by atoms with van der Waals surface area (Å²) < 4.78 is 4.89. The van der Waals surface area contributed by atoms with E-state index >= 15 is 0 Å². The van der Waals surface area contributed by atoms with Gasteiger partial charge in [-0.3, -0.25) is 4.79 Å². The fourth-order valence-electron chi connectivity index (χ4n) is 2.23. The number of hydrogen-bond acceptors (Lipinski definition) is 5. The average Bonchev–Trinajstić information content (AvgIpc) is 2.73. The predicted octanol–water partition coefficient (Wildman–Crippen LogP) is 0.512. The quantitative estimate of drug-likeness (QED) is 0.797. The van der Waals surface area contributed by atoms with Crippen molar-refractivity contribution >= 4 is 5.91 Å². The Morgan fingerprint density at radius 2 is 2.18 bits per heavy atom. The molecule has 1 aliphatic rings. The van der Waals surface area contributed by atoms with Crippen LogP contribution in [0.15, 0.2) is 4.52 Å². The van der Waals surface area contributed by atoms with Crippen LogP contribution in [0.1, 0.15) is 37.4 Å². The molecular formula is C11H18N4O2. The van der Waals surface area contributed by atoms with Crippen LogP contribution >= 0.6 is 0 Å². The van der Waals surface area contributed by atoms with Crippen LogP contribution in [0.3, 0.4) is 0 Å². The third-order valence-electron chi connectivity index (χ3n) is 3.25. The molecule has 0 bridgehead atoms. The summed E-state index contributed by atoms with van der Waals surface area (Å²) in [5.41, 5.74) is 5.29. The summed E-state index contributed by atoms with van der Waals surface area (Å²) in [7, 11) is 0. The number of carbonyl (C=O) groups excluding carboxylic acids is 1. The van der Waals surface area contributed by atoms with E-state index in [4.69, 9.17) is 10.3 Å². The van der Waals surface area contributed by atoms with E-state index in [1.807, 2.05) is 0 Å². The largest absolute Gasteiger partial charge is 0.369 e. The van der Waals surface area contributed by atoms with Crippen LogP contribution in [0.2, 0.25) is 0 Å². The van der Waals surface area contributed by atoms with Crippen molar-refractivity contribution in [3.63, 3.8) is 0 Å². The molecule has 6 heteroatoms. The zero-order chi connectivity index (χ0) is 12.3. The summed E-state index contributed by atoms with van der Waals surface area (Å²) in [5.74, 6) is 1.15. The SMILES string of the molecule is Cc1nc(CNC2CCC(C(N)=O)CC2)no1. The van der Waals surface area contributed by atoms with E-state index in [-0.39, 0.29) is 11.8 Å². The summed E-state index contributed by atoms with van der Waals surface area (Å²) in [6.07, 6.45) is 3.70. The molecule has 0 radical (unpaired) electrons. The number of aromatic nitrogens is 2. The highest BCUT2D eigenvalue weighted by atomic mass is 16.5. The molecular weight excluding hydrogens is 220 g/mol. The molecule has 6 nitrogen and oxygen atoms in total. The lowest BCUT2D eigenvalue weighted by Crippen LogP contribution is -2.36. The van der Waals surface area contributed by atoms with Gasteiger partial charge < -0.3 is 15.6 Å². The van der Waals surface area contributed by atoms with Crippen molar-refractivity contribution in [2.75, 3.05) is 0 Å². The maximum absolute atomic E-state index is 11.0. The summed E-state index contributed by atoms with van der Waals surface area (Å²) in [6.45, 7) is 2.39. The Morgan fingerprint density at radius 1 is 1.47 bits per heavy atom. The van der Waals surface area contributed by atoms with Gasteiger partial charge in [0.2, 0.25) is 11.8 Å². The van der Waals surface area contributed by atoms with Crippen LogP contribution in [-0.4, -0.2) is 22.1 Å². The molecule has 2 rings (SSSR count). The zero-order valence-electron chi connectivity index (χ0n) is 9.98. The van der Waals surface area contributed by atoms with Gasteiger partial charge in [-0.2, -0.15) is 4.98 Å². The van der Waals surface area contributed by atoms with Crippen LogP contribution in [-0.2, 0) is 11.3 Å². The highest BCUT2D eigenvalue weighted by Crippen LogP contribution is 2.23. The van der Waals surface area contributed by atoms with Gasteiger partial charge in [0.05, 0.1) is 6.54 Å². The molecule has 1 aromatic heterocycles. The number of nitrogens with zero attached hydrogens (tertiary/aromatic N) is 2. The topological polar surface area (TPSA) is 94.0 Å². The lowest BCUT2D eigenvalue weighted by molar-refractivity contribution is -0.122. The van der Waals surface area contributed by atoms with Crippen molar-refractivity contribution in [3.8, 4) is 0 Å². The third-order valence-corrected chi connectivity index (χ3v) is 3.25. The molecule has 0 saturated heterocycles. The van der Waals surface area contributed by atoms with E-state index < -0.39 is 0 Å². The molecule has 1 saturated carbocycles. The van der Waals surface area contributed by atoms with Crippen molar-refractivity contribution in [3.05, 3.63) is 11.7 Å². The van der Waals surface area contributed by atoms with Gasteiger partial charge in [-0.05, 0) is 25.7 Å². The molecule has 0 unspecified atom stereocenters. The fraction of sp³-hybridized carbons (Fsp3) is 0.727. The Labute approximate surface area is 99.9 Å². The van der Waals surface area contributed by atoms with E-state index in [0.717, 1.165) is 25.7 Å². The van der Waals surface area contributed by atoms with Crippen molar-refractivity contribution in [2.24, 2.45) is 11.7 Å². The first-order valence-corrected chi connectivity index (χ1v) is 5.97. The molecule has 1 fully saturated rings. The highest BCUT2D eigenvalue weighted by molar-refractivity contribution is 5.76. The molecule has 1 heterocycles. The Bertz CT molecular complexity index is 383. The number of nitrogens with two attached hydrogens (primary N) is 1. The summed E-state index contributed by atoms with van der Waals surface area (Å²) in [4.78, 5) is 15.1. The second-order valence-corrected chi connectivity index (χ2v) is 4.56. The summed E-state index contributed by atoms with van der Waals surface area (Å²) >= 11 is 0. The number of amides is 1. The van der Waals surface area contributed by atoms with Crippen LogP contribution in [0, 0.1) is 12.8 Å². The van der Waals surface area contributed by atoms with Crippen LogP contribution in [0.5, 0.6) is 0 Å². The monoisotopic (exact) mass is 238 g/mol. The highest BCUT2D eigenvalue weighted by Gasteiger charge is 2.24. The minimum Gasteiger partial charge on any atom is -0.369 e. The molecule has 3 N–H and O–H groups in total. The van der Waals surface area contributed by atoms with E-state index in [1.54, 1.807) is 6.92 Å². The Balaban J connectivity index is 1.73. The minimum atomic E-state index is -0.169. The van der Waals surface area contributed by atoms with Gasteiger partial charge >= 0.3 is 0 Å². The second kappa shape index (κ2) is 5.27. The Morgan fingerprint density at radius 3 is 2.71 bits per heavy atom. The van der Waals surface area contributed by atoms with Crippen molar-refractivity contribution in [1.29, 1.82) is 0 Å². The molecule has 0 atom stereocenters. The third kappa shape index (κ3) is 3.26. The number of hydrogen-bond donors (Lipinski definition) is 2. The van der Waals surface area contributed by atoms with Gasteiger partial charge in [0.15, 0.2) is 5.82 Å². The lowest BCUT2D eigenvalue weighted by Gasteiger charge is -2.26. The standard InChI is InChI=1S/C11H18N4O2/c1-7-14-10(15-17-7)6-13-9-4-2-8(3-5-9)11(12)16/h8-9,13H,2-6H2,1H3,(H2,12,16). The maximum atomic E-state index is 11.0. The molecule has 0 aliphatic heterocycles. The number of rotatable bonds is 4. The summed E-state index contributed by atoms with van der Waals surface area (Å²) in [6, 6.07) is 0.421. The van der Waals surface area contributed by atoms with E-state index in [2.05, 4.69) is 15.5 Å². The Kier molecular flexibility index (Phi) is 3.73. The van der Waals surface area contributed by atoms with E-state index in [1.165, 1.54) is 0 Å². The van der Waals surface area contributed by atoms with Crippen LogP contribution in [0.4, 0.5) is 0 Å². The van der Waals surface area contributed by atoms with E-state index in [0.29, 0.717) is 24.3 Å². The number of nitrogens with one attached hydrogen (secondary N) is 1. The smallest absolute Gasteiger partial charge is 0.223 e. The van der Waals surface area contributed by atoms with Crippen molar-refractivity contribution < 1.29 is 9.32 Å². The first kappa shape index (κ1) is 12.0. The number of carbonyl (C=O) groups is 1. The van der Waals surface area contributed by atoms with Crippen LogP contribution in [0.25, 0.3) is 0 Å². The molecule has 17 heavy (non-hydrogen) atoms. The first-order valence-electron chi connectivity index (χ1n) is 5.97. The lowest BCUT2D eigenvalue weighted by atomic mass is 9.85. The van der Waals surface area contributed by atoms with Gasteiger partial charge in [-0.25, -0.2) is 0 Å². The van der Waals surface area contributed by atoms with Gasteiger partial charge in [0.25, 0.3) is 0 Å². The van der Waals surface area contributed by atoms with Gasteiger partial charge in [0.1, 0.15) is 0 Å². The summed E-state index contributed by atoms with van der Waals surface area (Å²) in [5, 5.41) is 7.19. The van der Waals surface area contributed by atoms with Crippen molar-refractivity contribution in [1.82, 2.24) is 15.5 Å².